The molecule has 0 unspecified atom stereocenters. The Kier molecular flexibility index (Phi) is 6.47. The van der Waals surface area contributed by atoms with Gasteiger partial charge in [0.25, 0.3) is 0 Å². The molecule has 11 heteroatoms. The maximum absolute atomic E-state index is 13.6. The quantitative estimate of drug-likeness (QED) is 0.699. The number of likely N-dealkylation sites (N-methyl/N-ethyl adjacent to an activating group) is 2. The van der Waals surface area contributed by atoms with E-state index in [1.165, 1.54) is 23.9 Å². The molecule has 1 atom stereocenters. The zero-order valence-corrected chi connectivity index (χ0v) is 15.7. The van der Waals surface area contributed by atoms with Gasteiger partial charge in [-0.2, -0.15) is 0 Å². The summed E-state index contributed by atoms with van der Waals surface area (Å²) in [5.41, 5.74) is -0.507. The summed E-state index contributed by atoms with van der Waals surface area (Å²) in [6.45, 7) is -0.471. The Balaban J connectivity index is 1.87. The lowest BCUT2D eigenvalue weighted by molar-refractivity contribution is -0.132. The Morgan fingerprint density at radius 1 is 1.15 bits per heavy atom. The fraction of sp³-hybridized carbons (Fsp3) is 0.500. The number of rotatable bonds is 6. The van der Waals surface area contributed by atoms with E-state index in [1.54, 1.807) is 0 Å². The molecule has 1 heterocycles. The van der Waals surface area contributed by atoms with Crippen LogP contribution in [-0.4, -0.2) is 74.8 Å². The lowest BCUT2D eigenvalue weighted by Crippen LogP contribution is -2.44. The van der Waals surface area contributed by atoms with Crippen molar-refractivity contribution >= 4 is 27.3 Å². The number of hydrogen-bond donors (Lipinski definition) is 1. The van der Waals surface area contributed by atoms with Gasteiger partial charge >= 0.3 is 0 Å². The van der Waals surface area contributed by atoms with Crippen LogP contribution in [0.25, 0.3) is 0 Å². The predicted molar refractivity (Wildman–Crippen MR) is 92.3 cm³/mol. The van der Waals surface area contributed by atoms with Crippen LogP contribution >= 0.6 is 0 Å². The van der Waals surface area contributed by atoms with Crippen molar-refractivity contribution in [1.29, 1.82) is 0 Å². The summed E-state index contributed by atoms with van der Waals surface area (Å²) in [6.07, 6.45) is 0.365. The van der Waals surface area contributed by atoms with Gasteiger partial charge in [-0.25, -0.2) is 21.6 Å². The van der Waals surface area contributed by atoms with Crippen molar-refractivity contribution in [3.63, 3.8) is 0 Å². The Morgan fingerprint density at radius 3 is 2.41 bits per heavy atom. The van der Waals surface area contributed by atoms with E-state index in [1.807, 2.05) is 0 Å². The van der Waals surface area contributed by atoms with Gasteiger partial charge in [0.05, 0.1) is 30.3 Å². The van der Waals surface area contributed by atoms with E-state index in [9.17, 15) is 31.2 Å². The second-order valence-corrected chi connectivity index (χ2v) is 8.73. The number of nitrogens with one attached hydrogen (secondary N) is 1. The third kappa shape index (κ3) is 5.42. The molecule has 1 aromatic carbocycles. The smallest absolute Gasteiger partial charge is 0.238 e. The molecular formula is C16H20F3N3O4S. The molecule has 0 radical (unpaired) electrons. The molecule has 27 heavy (non-hydrogen) atoms. The molecule has 1 saturated heterocycles. The molecule has 1 aromatic rings. The minimum absolute atomic E-state index is 0.0350. The van der Waals surface area contributed by atoms with Crippen LogP contribution in [-0.2, 0) is 19.4 Å². The summed E-state index contributed by atoms with van der Waals surface area (Å²) in [5, 5.41) is 2.11. The van der Waals surface area contributed by atoms with Crippen LogP contribution in [0.4, 0.5) is 18.9 Å². The highest BCUT2D eigenvalue weighted by Gasteiger charge is 2.32. The molecular weight excluding hydrogens is 387 g/mol. The summed E-state index contributed by atoms with van der Waals surface area (Å²) >= 11 is 0. The zero-order chi connectivity index (χ0) is 20.4. The summed E-state index contributed by atoms with van der Waals surface area (Å²) in [5.74, 6) is -5.71. The highest BCUT2D eigenvalue weighted by molar-refractivity contribution is 7.91. The van der Waals surface area contributed by atoms with Crippen molar-refractivity contribution in [2.45, 2.75) is 12.5 Å². The number of amides is 2. The first kappa shape index (κ1) is 21.2. The van der Waals surface area contributed by atoms with E-state index < -0.39 is 44.9 Å². The first-order valence-corrected chi connectivity index (χ1v) is 9.90. The van der Waals surface area contributed by atoms with Crippen LogP contribution in [0, 0.1) is 17.5 Å². The molecule has 7 nitrogen and oxygen atoms in total. The fourth-order valence-corrected chi connectivity index (χ4v) is 4.51. The Labute approximate surface area is 155 Å². The number of nitrogens with zero attached hydrogens (tertiary/aromatic N) is 2. The largest absolute Gasteiger partial charge is 0.341 e. The topological polar surface area (TPSA) is 86.8 Å². The third-order valence-corrected chi connectivity index (χ3v) is 6.03. The van der Waals surface area contributed by atoms with Gasteiger partial charge in [-0.05, 0) is 25.6 Å². The van der Waals surface area contributed by atoms with Gasteiger partial charge in [-0.15, -0.1) is 0 Å². The number of carbonyl (C=O) groups excluding carboxylic acids is 2. The number of anilines is 1. The van der Waals surface area contributed by atoms with Crippen molar-refractivity contribution in [2.24, 2.45) is 0 Å². The maximum atomic E-state index is 13.6. The van der Waals surface area contributed by atoms with E-state index in [4.69, 9.17) is 0 Å². The molecule has 2 rings (SSSR count). The highest BCUT2D eigenvalue weighted by Crippen LogP contribution is 2.19. The number of carbonyl (C=O) groups is 2. The van der Waals surface area contributed by atoms with Crippen molar-refractivity contribution in [1.82, 2.24) is 9.80 Å². The number of benzene rings is 1. The van der Waals surface area contributed by atoms with Crippen LogP contribution in [0.15, 0.2) is 12.1 Å². The average Bonchev–Trinajstić information content (AvgIpc) is 2.94. The summed E-state index contributed by atoms with van der Waals surface area (Å²) in [7, 11) is -0.162. The van der Waals surface area contributed by atoms with Crippen LogP contribution in [0.2, 0.25) is 0 Å². The molecule has 150 valence electrons. The maximum Gasteiger partial charge on any atom is 0.238 e. The van der Waals surface area contributed by atoms with Crippen molar-refractivity contribution < 1.29 is 31.2 Å². The van der Waals surface area contributed by atoms with Gasteiger partial charge in [-0.1, -0.05) is 0 Å². The molecule has 2 amide bonds. The van der Waals surface area contributed by atoms with Crippen molar-refractivity contribution in [2.75, 3.05) is 44.0 Å². The molecule has 0 bridgehead atoms. The van der Waals surface area contributed by atoms with Gasteiger partial charge in [-0.3, -0.25) is 14.5 Å². The van der Waals surface area contributed by atoms with E-state index in [-0.39, 0.29) is 30.5 Å². The number of sulfone groups is 1. The highest BCUT2D eigenvalue weighted by atomic mass is 32.2. The number of halogens is 3. The fourth-order valence-electron chi connectivity index (χ4n) is 2.74. The van der Waals surface area contributed by atoms with Crippen molar-refractivity contribution in [3.8, 4) is 0 Å². The minimum atomic E-state index is -3.13. The second-order valence-electron chi connectivity index (χ2n) is 6.50. The molecule has 0 aromatic heterocycles. The van der Waals surface area contributed by atoms with Gasteiger partial charge in [0, 0.05) is 13.1 Å². The Hall–Kier alpha value is -2.14. The van der Waals surface area contributed by atoms with Crippen LogP contribution in [0.5, 0.6) is 0 Å². The average molecular weight is 407 g/mol. The van der Waals surface area contributed by atoms with Crippen LogP contribution < -0.4 is 5.32 Å². The lowest BCUT2D eigenvalue weighted by Gasteiger charge is -2.26. The Bertz CT molecular complexity index is 848. The van der Waals surface area contributed by atoms with E-state index in [0.29, 0.717) is 12.5 Å². The Morgan fingerprint density at radius 2 is 1.81 bits per heavy atom. The summed E-state index contributed by atoms with van der Waals surface area (Å²) in [6, 6.07) is 1.18. The van der Waals surface area contributed by atoms with Crippen LogP contribution in [0.1, 0.15) is 6.42 Å². The van der Waals surface area contributed by atoms with Gasteiger partial charge in [0.15, 0.2) is 27.3 Å². The number of hydrogen-bond acceptors (Lipinski definition) is 5. The van der Waals surface area contributed by atoms with Gasteiger partial charge in [0.2, 0.25) is 11.8 Å². The molecule has 1 N–H and O–H groups in total. The SMILES string of the molecule is CN(CC(=O)Nc1ccc(F)c(F)c1F)CC(=O)N(C)[C@@H]1CCS(=O)(=O)C1. The molecule has 1 fully saturated rings. The summed E-state index contributed by atoms with van der Waals surface area (Å²) in [4.78, 5) is 26.8. The van der Waals surface area contributed by atoms with Gasteiger partial charge in [0.1, 0.15) is 0 Å². The third-order valence-electron chi connectivity index (χ3n) is 4.28. The summed E-state index contributed by atoms with van der Waals surface area (Å²) < 4.78 is 62.6. The first-order valence-electron chi connectivity index (χ1n) is 8.08. The van der Waals surface area contributed by atoms with Crippen molar-refractivity contribution in [3.05, 3.63) is 29.6 Å². The van der Waals surface area contributed by atoms with E-state index >= 15 is 0 Å². The molecule has 1 aliphatic rings. The standard InChI is InChI=1S/C16H20F3N3O4S/c1-21(8-14(24)22(2)10-5-6-27(25,26)9-10)7-13(23)20-12-4-3-11(17)15(18)16(12)19/h3-4,10H,5-9H2,1-2H3,(H,20,23)/t10-/m1/s1. The van der Waals surface area contributed by atoms with Gasteiger partial charge < -0.3 is 10.2 Å². The zero-order valence-electron chi connectivity index (χ0n) is 14.8. The molecule has 0 spiro atoms. The van der Waals surface area contributed by atoms with Crippen LogP contribution in [0.3, 0.4) is 0 Å². The molecule has 1 aliphatic heterocycles. The lowest BCUT2D eigenvalue weighted by atomic mass is 10.2. The van der Waals surface area contributed by atoms with E-state index in [0.717, 1.165) is 6.07 Å². The van der Waals surface area contributed by atoms with E-state index in [2.05, 4.69) is 5.32 Å². The normalized spacial score (nSPS) is 18.5. The molecule has 0 saturated carbocycles. The minimum Gasteiger partial charge on any atom is -0.341 e. The first-order chi connectivity index (χ1) is 12.5. The predicted octanol–water partition coefficient (Wildman–Crippen LogP) is 0.620. The second kappa shape index (κ2) is 8.26. The molecule has 0 aliphatic carbocycles. The monoisotopic (exact) mass is 407 g/mol.